The molecule has 0 aliphatic carbocycles. The summed E-state index contributed by atoms with van der Waals surface area (Å²) in [7, 11) is -3.09. The maximum Gasteiger partial charge on any atom is 0.211 e. The van der Waals surface area contributed by atoms with E-state index in [2.05, 4.69) is 20.2 Å². The van der Waals surface area contributed by atoms with Crippen LogP contribution >= 0.6 is 0 Å². The SMILES string of the molecule is Cc1n[nH]c(C)c1-c1cnc(C[C@@H]2CCN(S(C)(=O)=O)C2)cn1. The van der Waals surface area contributed by atoms with E-state index in [0.717, 1.165) is 41.2 Å². The third kappa shape index (κ3) is 3.42. The monoisotopic (exact) mass is 335 g/mol. The highest BCUT2D eigenvalue weighted by molar-refractivity contribution is 7.88. The fraction of sp³-hybridized carbons (Fsp3) is 0.533. The van der Waals surface area contributed by atoms with Gasteiger partial charge < -0.3 is 0 Å². The molecule has 2 aromatic heterocycles. The number of sulfonamides is 1. The Labute approximate surface area is 136 Å². The molecule has 0 spiro atoms. The van der Waals surface area contributed by atoms with E-state index < -0.39 is 10.0 Å². The average molecular weight is 335 g/mol. The van der Waals surface area contributed by atoms with Gasteiger partial charge in [-0.05, 0) is 32.6 Å². The molecule has 3 rings (SSSR count). The zero-order chi connectivity index (χ0) is 16.6. The Hall–Kier alpha value is -1.80. The van der Waals surface area contributed by atoms with Crippen LogP contribution in [0.15, 0.2) is 12.4 Å². The van der Waals surface area contributed by atoms with E-state index in [1.807, 2.05) is 13.8 Å². The van der Waals surface area contributed by atoms with Crippen molar-refractivity contribution in [1.29, 1.82) is 0 Å². The second-order valence-electron chi connectivity index (χ2n) is 6.18. The number of hydrogen-bond acceptors (Lipinski definition) is 5. The second kappa shape index (κ2) is 6.01. The molecule has 1 fully saturated rings. The van der Waals surface area contributed by atoms with E-state index in [0.29, 0.717) is 19.0 Å². The zero-order valence-electron chi connectivity index (χ0n) is 13.6. The molecule has 0 bridgehead atoms. The largest absolute Gasteiger partial charge is 0.282 e. The Morgan fingerprint density at radius 3 is 2.61 bits per heavy atom. The van der Waals surface area contributed by atoms with Crippen molar-refractivity contribution in [3.8, 4) is 11.3 Å². The van der Waals surface area contributed by atoms with Gasteiger partial charge in [0, 0.05) is 30.5 Å². The molecule has 0 amide bonds. The number of H-pyrrole nitrogens is 1. The fourth-order valence-corrected chi connectivity index (χ4v) is 4.00. The first-order valence-corrected chi connectivity index (χ1v) is 9.47. The summed E-state index contributed by atoms with van der Waals surface area (Å²) < 4.78 is 24.7. The third-order valence-corrected chi connectivity index (χ3v) is 5.57. The van der Waals surface area contributed by atoms with Crippen LogP contribution in [-0.4, -0.2) is 52.2 Å². The minimum absolute atomic E-state index is 0.308. The number of hydrogen-bond donors (Lipinski definition) is 1. The second-order valence-corrected chi connectivity index (χ2v) is 8.16. The van der Waals surface area contributed by atoms with Gasteiger partial charge in [-0.2, -0.15) is 5.10 Å². The molecule has 8 heteroatoms. The van der Waals surface area contributed by atoms with Crippen LogP contribution in [0, 0.1) is 19.8 Å². The Bertz CT molecular complexity index is 778. The van der Waals surface area contributed by atoms with E-state index in [-0.39, 0.29) is 0 Å². The molecule has 0 aromatic carbocycles. The van der Waals surface area contributed by atoms with E-state index in [1.165, 1.54) is 10.6 Å². The third-order valence-electron chi connectivity index (χ3n) is 4.30. The summed E-state index contributed by atoms with van der Waals surface area (Å²) in [4.78, 5) is 8.99. The smallest absolute Gasteiger partial charge is 0.211 e. The zero-order valence-corrected chi connectivity index (χ0v) is 14.4. The lowest BCUT2D eigenvalue weighted by atomic mass is 10.0. The molecular weight excluding hydrogens is 314 g/mol. The van der Waals surface area contributed by atoms with E-state index in [1.54, 1.807) is 12.4 Å². The Kier molecular flexibility index (Phi) is 4.20. The van der Waals surface area contributed by atoms with Crippen LogP contribution in [0.5, 0.6) is 0 Å². The van der Waals surface area contributed by atoms with Crippen molar-refractivity contribution in [1.82, 2.24) is 24.5 Å². The van der Waals surface area contributed by atoms with Gasteiger partial charge >= 0.3 is 0 Å². The summed E-state index contributed by atoms with van der Waals surface area (Å²) in [5.41, 5.74) is 4.58. The highest BCUT2D eigenvalue weighted by Crippen LogP contribution is 2.24. The molecule has 1 N–H and O–H groups in total. The molecule has 1 atom stereocenters. The van der Waals surface area contributed by atoms with E-state index >= 15 is 0 Å². The molecule has 0 radical (unpaired) electrons. The first-order valence-electron chi connectivity index (χ1n) is 7.62. The van der Waals surface area contributed by atoms with Crippen molar-refractivity contribution in [2.75, 3.05) is 19.3 Å². The lowest BCUT2D eigenvalue weighted by molar-refractivity contribution is 0.459. The average Bonchev–Trinajstić information content (AvgIpc) is 3.07. The summed E-state index contributed by atoms with van der Waals surface area (Å²) in [6.07, 6.45) is 6.44. The first kappa shape index (κ1) is 16.1. The van der Waals surface area contributed by atoms with Gasteiger partial charge in [0.15, 0.2) is 0 Å². The predicted octanol–water partition coefficient (Wildman–Crippen LogP) is 1.31. The number of rotatable bonds is 4. The maximum atomic E-state index is 11.6. The van der Waals surface area contributed by atoms with Gasteiger partial charge in [0.25, 0.3) is 0 Å². The fourth-order valence-electron chi connectivity index (χ4n) is 3.08. The van der Waals surface area contributed by atoms with Crippen LogP contribution in [0.1, 0.15) is 23.5 Å². The van der Waals surface area contributed by atoms with Crippen LogP contribution in [0.3, 0.4) is 0 Å². The highest BCUT2D eigenvalue weighted by Gasteiger charge is 2.28. The van der Waals surface area contributed by atoms with Crippen molar-refractivity contribution in [3.63, 3.8) is 0 Å². The quantitative estimate of drug-likeness (QED) is 0.909. The summed E-state index contributed by atoms with van der Waals surface area (Å²) in [6.45, 7) is 5.07. The van der Waals surface area contributed by atoms with Gasteiger partial charge in [0.05, 0.1) is 29.5 Å². The van der Waals surface area contributed by atoms with Gasteiger partial charge in [-0.25, -0.2) is 12.7 Å². The Balaban J connectivity index is 1.69. The molecular formula is C15H21N5O2S. The minimum atomic E-state index is -3.09. The summed E-state index contributed by atoms with van der Waals surface area (Å²) in [6, 6.07) is 0. The molecule has 7 nitrogen and oxygen atoms in total. The summed E-state index contributed by atoms with van der Waals surface area (Å²) in [5.74, 6) is 0.308. The van der Waals surface area contributed by atoms with E-state index in [9.17, 15) is 8.42 Å². The molecule has 23 heavy (non-hydrogen) atoms. The van der Waals surface area contributed by atoms with Crippen LogP contribution in [0.4, 0.5) is 0 Å². The summed E-state index contributed by atoms with van der Waals surface area (Å²) in [5, 5.41) is 7.12. The topological polar surface area (TPSA) is 91.8 Å². The van der Waals surface area contributed by atoms with Gasteiger partial charge in [-0.15, -0.1) is 0 Å². The number of nitrogens with zero attached hydrogens (tertiary/aromatic N) is 4. The van der Waals surface area contributed by atoms with Crippen molar-refractivity contribution < 1.29 is 8.42 Å². The first-order chi connectivity index (χ1) is 10.8. The van der Waals surface area contributed by atoms with Crippen molar-refractivity contribution in [3.05, 3.63) is 29.5 Å². The molecule has 0 unspecified atom stereocenters. The van der Waals surface area contributed by atoms with Gasteiger partial charge in [0.2, 0.25) is 10.0 Å². The lowest BCUT2D eigenvalue weighted by Gasteiger charge is -2.13. The van der Waals surface area contributed by atoms with Gasteiger partial charge in [0.1, 0.15) is 0 Å². The molecule has 3 heterocycles. The van der Waals surface area contributed by atoms with Crippen LogP contribution in [0.25, 0.3) is 11.3 Å². The number of nitrogens with one attached hydrogen (secondary N) is 1. The van der Waals surface area contributed by atoms with Crippen LogP contribution in [-0.2, 0) is 16.4 Å². The van der Waals surface area contributed by atoms with Crippen LogP contribution < -0.4 is 0 Å². The lowest BCUT2D eigenvalue weighted by Crippen LogP contribution is -2.27. The Morgan fingerprint density at radius 2 is 2.09 bits per heavy atom. The van der Waals surface area contributed by atoms with Crippen molar-refractivity contribution >= 4 is 10.0 Å². The maximum absolute atomic E-state index is 11.6. The minimum Gasteiger partial charge on any atom is -0.282 e. The number of aromatic amines is 1. The van der Waals surface area contributed by atoms with Crippen molar-refractivity contribution in [2.24, 2.45) is 5.92 Å². The summed E-state index contributed by atoms with van der Waals surface area (Å²) >= 11 is 0. The Morgan fingerprint density at radius 1 is 1.30 bits per heavy atom. The molecule has 2 aromatic rings. The molecule has 1 aliphatic heterocycles. The molecule has 0 saturated carbocycles. The predicted molar refractivity (Wildman–Crippen MR) is 87.3 cm³/mol. The molecule has 1 saturated heterocycles. The van der Waals surface area contributed by atoms with Gasteiger partial charge in [-0.3, -0.25) is 15.1 Å². The van der Waals surface area contributed by atoms with E-state index in [4.69, 9.17) is 0 Å². The highest BCUT2D eigenvalue weighted by atomic mass is 32.2. The van der Waals surface area contributed by atoms with Crippen molar-refractivity contribution in [2.45, 2.75) is 26.7 Å². The number of aromatic nitrogens is 4. The van der Waals surface area contributed by atoms with Crippen LogP contribution in [0.2, 0.25) is 0 Å². The van der Waals surface area contributed by atoms with Gasteiger partial charge in [-0.1, -0.05) is 0 Å². The number of aryl methyl sites for hydroxylation is 2. The molecule has 1 aliphatic rings. The molecule has 124 valence electrons. The normalized spacial score (nSPS) is 19.3. The standard InChI is InChI=1S/C15H21N5O2S/c1-10-15(11(2)19-18-10)14-8-16-13(7-17-14)6-12-4-5-20(9-12)23(3,21)22/h7-8,12H,4-6,9H2,1-3H3,(H,18,19)/t12-/m0/s1.